The summed E-state index contributed by atoms with van der Waals surface area (Å²) in [4.78, 5) is 38.2. The number of unbranched alkanes of at least 4 members (excludes halogenated alkanes) is 40. The second-order valence-electron chi connectivity index (χ2n) is 21.9. The Morgan fingerprint density at radius 2 is 0.493 bits per heavy atom. The lowest BCUT2D eigenvalue weighted by molar-refractivity contribution is -0.167. The second kappa shape index (κ2) is 53.8. The molecule has 0 saturated carbocycles. The van der Waals surface area contributed by atoms with Crippen molar-refractivity contribution in [2.24, 2.45) is 11.8 Å². The summed E-state index contributed by atoms with van der Waals surface area (Å²) < 4.78 is 16.9. The molecule has 67 heavy (non-hydrogen) atoms. The van der Waals surface area contributed by atoms with Gasteiger partial charge in [-0.25, -0.2) is 0 Å². The number of ether oxygens (including phenoxy) is 3. The molecule has 0 heterocycles. The van der Waals surface area contributed by atoms with Crippen molar-refractivity contribution in [2.45, 2.75) is 349 Å². The molecular formula is C61H118O6. The van der Waals surface area contributed by atoms with Gasteiger partial charge in [-0.2, -0.15) is 0 Å². The molecule has 0 bridgehead atoms. The van der Waals surface area contributed by atoms with Crippen LogP contribution in [-0.4, -0.2) is 37.2 Å². The highest BCUT2D eigenvalue weighted by molar-refractivity contribution is 5.71. The molecule has 0 aromatic rings. The van der Waals surface area contributed by atoms with Crippen molar-refractivity contribution < 1.29 is 28.6 Å². The van der Waals surface area contributed by atoms with Gasteiger partial charge in [-0.05, 0) is 31.1 Å². The maximum absolute atomic E-state index is 12.8. The number of carbonyl (C=O) groups is 3. The molecular weight excluding hydrogens is 829 g/mol. The van der Waals surface area contributed by atoms with Crippen LogP contribution in [0.5, 0.6) is 0 Å². The van der Waals surface area contributed by atoms with Gasteiger partial charge in [0.25, 0.3) is 0 Å². The summed E-state index contributed by atoms with van der Waals surface area (Å²) in [5.41, 5.74) is 0. The number of hydrogen-bond donors (Lipinski definition) is 0. The van der Waals surface area contributed by atoms with Crippen LogP contribution >= 0.6 is 0 Å². The van der Waals surface area contributed by atoms with Crippen molar-refractivity contribution in [3.05, 3.63) is 0 Å². The van der Waals surface area contributed by atoms with E-state index in [0.29, 0.717) is 19.3 Å². The average molecular weight is 948 g/mol. The summed E-state index contributed by atoms with van der Waals surface area (Å²) in [7, 11) is 0. The Bertz CT molecular complexity index is 1020. The predicted molar refractivity (Wildman–Crippen MR) is 289 cm³/mol. The van der Waals surface area contributed by atoms with Gasteiger partial charge in [-0.1, -0.05) is 304 Å². The molecule has 0 aliphatic rings. The van der Waals surface area contributed by atoms with Crippen LogP contribution in [0.1, 0.15) is 343 Å². The Morgan fingerprint density at radius 1 is 0.284 bits per heavy atom. The Hall–Kier alpha value is -1.59. The average Bonchev–Trinajstić information content (AvgIpc) is 3.30. The molecule has 6 heteroatoms. The Morgan fingerprint density at radius 3 is 0.731 bits per heavy atom. The first kappa shape index (κ1) is 65.4. The quantitative estimate of drug-likeness (QED) is 0.0343. The first-order valence-corrected chi connectivity index (χ1v) is 30.2. The van der Waals surface area contributed by atoms with Gasteiger partial charge in [0.2, 0.25) is 0 Å². The van der Waals surface area contributed by atoms with Crippen LogP contribution in [0.15, 0.2) is 0 Å². The molecule has 0 fully saturated rings. The van der Waals surface area contributed by atoms with Crippen molar-refractivity contribution >= 4 is 17.9 Å². The number of carbonyl (C=O) groups excluding carboxylic acids is 3. The fraction of sp³-hybridized carbons (Fsp3) is 0.951. The molecule has 0 spiro atoms. The highest BCUT2D eigenvalue weighted by atomic mass is 16.6. The highest BCUT2D eigenvalue weighted by Crippen LogP contribution is 2.18. The first-order valence-electron chi connectivity index (χ1n) is 30.2. The molecule has 0 aromatic heterocycles. The summed E-state index contributed by atoms with van der Waals surface area (Å²) >= 11 is 0. The van der Waals surface area contributed by atoms with E-state index >= 15 is 0 Å². The van der Waals surface area contributed by atoms with E-state index in [1.165, 1.54) is 231 Å². The molecule has 0 N–H and O–H groups in total. The molecule has 0 saturated heterocycles. The molecule has 1 atom stereocenters. The third-order valence-corrected chi connectivity index (χ3v) is 14.0. The minimum absolute atomic E-state index is 0.0628. The Labute approximate surface area is 418 Å². The van der Waals surface area contributed by atoms with Crippen LogP contribution in [-0.2, 0) is 28.6 Å². The minimum atomic E-state index is -0.763. The molecule has 0 rings (SSSR count). The topological polar surface area (TPSA) is 78.9 Å². The van der Waals surface area contributed by atoms with Crippen molar-refractivity contribution in [2.75, 3.05) is 13.2 Å². The van der Waals surface area contributed by atoms with Crippen LogP contribution < -0.4 is 0 Å². The van der Waals surface area contributed by atoms with Crippen molar-refractivity contribution in [1.29, 1.82) is 0 Å². The fourth-order valence-corrected chi connectivity index (χ4v) is 9.40. The number of hydrogen-bond acceptors (Lipinski definition) is 6. The Balaban J connectivity index is 4.24. The molecule has 0 radical (unpaired) electrons. The normalized spacial score (nSPS) is 12.0. The van der Waals surface area contributed by atoms with E-state index in [4.69, 9.17) is 14.2 Å². The van der Waals surface area contributed by atoms with E-state index in [2.05, 4.69) is 34.6 Å². The zero-order chi connectivity index (χ0) is 48.9. The fourth-order valence-electron chi connectivity index (χ4n) is 9.40. The van der Waals surface area contributed by atoms with Gasteiger partial charge in [-0.3, -0.25) is 14.4 Å². The highest BCUT2D eigenvalue weighted by Gasteiger charge is 2.19. The zero-order valence-electron chi connectivity index (χ0n) is 46.0. The van der Waals surface area contributed by atoms with Crippen LogP contribution in [0.3, 0.4) is 0 Å². The van der Waals surface area contributed by atoms with Gasteiger partial charge < -0.3 is 14.2 Å². The third-order valence-electron chi connectivity index (χ3n) is 14.0. The third kappa shape index (κ3) is 55.2. The van der Waals surface area contributed by atoms with Gasteiger partial charge in [-0.15, -0.1) is 0 Å². The maximum Gasteiger partial charge on any atom is 0.306 e. The number of rotatable bonds is 55. The molecule has 0 unspecified atom stereocenters. The SMILES string of the molecule is CCCCCCCCCCCCCCCCCCCCC(=O)OC[C@@H](COC(=O)CCCCCCCCCCCCCCCCCCC(C)C)OC(=O)CCCCCCCCCCCC(C)C. The summed E-state index contributed by atoms with van der Waals surface area (Å²) in [6.07, 6.45) is 58.2. The summed E-state index contributed by atoms with van der Waals surface area (Å²) in [6.45, 7) is 11.4. The van der Waals surface area contributed by atoms with Crippen LogP contribution in [0, 0.1) is 11.8 Å². The monoisotopic (exact) mass is 947 g/mol. The van der Waals surface area contributed by atoms with E-state index in [9.17, 15) is 14.4 Å². The standard InChI is InChI=1S/C61H118O6/c1-6-7-8-9-10-11-12-13-14-15-16-20-23-26-31-36-41-46-51-59(62)65-54-58(67-61(64)53-48-43-38-33-28-30-35-40-45-50-57(4)5)55-66-60(63)52-47-42-37-32-27-24-21-18-17-19-22-25-29-34-39-44-49-56(2)3/h56-58H,6-55H2,1-5H3/t58-/m0/s1. The minimum Gasteiger partial charge on any atom is -0.462 e. The van der Waals surface area contributed by atoms with Crippen LogP contribution in [0.4, 0.5) is 0 Å². The molecule has 6 nitrogen and oxygen atoms in total. The lowest BCUT2D eigenvalue weighted by atomic mass is 10.0. The van der Waals surface area contributed by atoms with E-state index in [1.54, 1.807) is 0 Å². The Kier molecular flexibility index (Phi) is 52.5. The van der Waals surface area contributed by atoms with Crippen LogP contribution in [0.2, 0.25) is 0 Å². The largest absolute Gasteiger partial charge is 0.462 e. The molecule has 0 aliphatic heterocycles. The van der Waals surface area contributed by atoms with Gasteiger partial charge >= 0.3 is 17.9 Å². The van der Waals surface area contributed by atoms with Gasteiger partial charge in [0, 0.05) is 19.3 Å². The number of esters is 3. The molecule has 398 valence electrons. The first-order chi connectivity index (χ1) is 32.7. The van der Waals surface area contributed by atoms with Gasteiger partial charge in [0.1, 0.15) is 13.2 Å². The predicted octanol–water partition coefficient (Wildman–Crippen LogP) is 20.0. The van der Waals surface area contributed by atoms with E-state index in [-0.39, 0.29) is 31.1 Å². The van der Waals surface area contributed by atoms with E-state index < -0.39 is 6.10 Å². The summed E-state index contributed by atoms with van der Waals surface area (Å²) in [5, 5.41) is 0. The van der Waals surface area contributed by atoms with Crippen LogP contribution in [0.25, 0.3) is 0 Å². The lowest BCUT2D eigenvalue weighted by Crippen LogP contribution is -2.30. The summed E-state index contributed by atoms with van der Waals surface area (Å²) in [6, 6.07) is 0. The maximum atomic E-state index is 12.8. The van der Waals surface area contributed by atoms with Gasteiger partial charge in [0.05, 0.1) is 0 Å². The zero-order valence-corrected chi connectivity index (χ0v) is 46.0. The molecule has 0 aliphatic carbocycles. The molecule has 0 amide bonds. The van der Waals surface area contributed by atoms with Crippen molar-refractivity contribution in [1.82, 2.24) is 0 Å². The lowest BCUT2D eigenvalue weighted by Gasteiger charge is -2.18. The van der Waals surface area contributed by atoms with Crippen molar-refractivity contribution in [3.63, 3.8) is 0 Å². The second-order valence-corrected chi connectivity index (χ2v) is 21.9. The summed E-state index contributed by atoms with van der Waals surface area (Å²) in [5.74, 6) is 0.821. The van der Waals surface area contributed by atoms with Crippen molar-refractivity contribution in [3.8, 4) is 0 Å². The molecule has 0 aromatic carbocycles. The van der Waals surface area contributed by atoms with E-state index in [0.717, 1.165) is 69.6 Å². The smallest absolute Gasteiger partial charge is 0.306 e. The van der Waals surface area contributed by atoms with Gasteiger partial charge in [0.15, 0.2) is 6.10 Å². The van der Waals surface area contributed by atoms with E-state index in [1.807, 2.05) is 0 Å².